The van der Waals surface area contributed by atoms with Crippen molar-refractivity contribution in [3.05, 3.63) is 81.4 Å². The Morgan fingerprint density at radius 3 is 2.00 bits per heavy atom. The lowest BCUT2D eigenvalue weighted by Crippen LogP contribution is -2.62. The summed E-state index contributed by atoms with van der Waals surface area (Å²) in [6.07, 6.45) is 4.12. The zero-order valence-electron chi connectivity index (χ0n) is 20.6. The second kappa shape index (κ2) is 8.72. The molecule has 36 heavy (non-hydrogen) atoms. The highest BCUT2D eigenvalue weighted by molar-refractivity contribution is 6.31. The van der Waals surface area contributed by atoms with Gasteiger partial charge in [-0.3, -0.25) is 9.69 Å². The summed E-state index contributed by atoms with van der Waals surface area (Å²) in [5.74, 6) is -0.278. The average Bonchev–Trinajstić information content (AvgIpc) is 3.53. The van der Waals surface area contributed by atoms with Crippen LogP contribution in [0, 0.1) is 28.6 Å². The van der Waals surface area contributed by atoms with E-state index < -0.39 is 16.6 Å². The zero-order chi connectivity index (χ0) is 25.9. The number of Topliss-reactive ketones (excluding diaryl/α,β-unsaturated/α-hetero) is 1. The van der Waals surface area contributed by atoms with Gasteiger partial charge in [-0.2, -0.15) is 10.5 Å². The van der Waals surface area contributed by atoms with E-state index in [1.165, 1.54) is 0 Å². The van der Waals surface area contributed by atoms with Gasteiger partial charge < -0.3 is 0 Å². The van der Waals surface area contributed by atoms with Gasteiger partial charge in [0.25, 0.3) is 0 Å². The number of carbonyl (C=O) groups excluding carboxylic acids is 1. The molecule has 2 aromatic rings. The largest absolute Gasteiger partial charge is 0.296 e. The van der Waals surface area contributed by atoms with E-state index in [2.05, 4.69) is 24.0 Å². The van der Waals surface area contributed by atoms with Crippen LogP contribution in [-0.2, 0) is 5.54 Å². The molecule has 0 saturated carbocycles. The van der Waals surface area contributed by atoms with Crippen LogP contribution >= 0.6 is 23.2 Å². The molecule has 0 spiro atoms. The summed E-state index contributed by atoms with van der Waals surface area (Å²) in [5.41, 5.74) is -1.18. The normalized spacial score (nSPS) is 28.8. The molecular weight excluding hydrogens is 491 g/mol. The molecule has 0 N–H and O–H groups in total. The van der Waals surface area contributed by atoms with E-state index in [9.17, 15) is 15.3 Å². The van der Waals surface area contributed by atoms with Crippen molar-refractivity contribution < 1.29 is 4.79 Å². The molecule has 3 aliphatic rings. The third-order valence-corrected chi connectivity index (χ3v) is 8.94. The van der Waals surface area contributed by atoms with Crippen LogP contribution in [0.3, 0.4) is 0 Å². The Labute approximate surface area is 222 Å². The number of carbonyl (C=O) groups is 1. The van der Waals surface area contributed by atoms with Crippen LogP contribution in [0.2, 0.25) is 10.0 Å². The standard InChI is InChI=1S/C29H28Cl2N4O/c1-19-26(34-14-4-5-15-34)28(17-32,18-33)35-27(2,3)24(25(36)20-6-10-22(30)11-7-20)16-29(19,35)21-8-12-23(31)13-9-21/h6-13,16,19,26H,4-5,14-15H2,1-3H3/t19-,26-,29+/m0/s1. The Kier molecular flexibility index (Phi) is 6.05. The van der Waals surface area contributed by atoms with Crippen LogP contribution in [-0.4, -0.2) is 45.8 Å². The molecule has 2 saturated heterocycles. The zero-order valence-corrected chi connectivity index (χ0v) is 22.1. The summed E-state index contributed by atoms with van der Waals surface area (Å²) in [5, 5.41) is 22.6. The van der Waals surface area contributed by atoms with Gasteiger partial charge in [-0.25, -0.2) is 4.90 Å². The second-order valence-electron chi connectivity index (χ2n) is 10.6. The van der Waals surface area contributed by atoms with Crippen molar-refractivity contribution in [3.8, 4) is 12.1 Å². The van der Waals surface area contributed by atoms with Gasteiger partial charge in [-0.1, -0.05) is 48.3 Å². The Hall–Kier alpha value is -2.67. The molecule has 2 fully saturated rings. The first-order valence-electron chi connectivity index (χ1n) is 12.3. The minimum absolute atomic E-state index is 0.130. The van der Waals surface area contributed by atoms with E-state index in [1.54, 1.807) is 24.3 Å². The highest BCUT2D eigenvalue weighted by Crippen LogP contribution is 2.62. The Morgan fingerprint density at radius 2 is 1.47 bits per heavy atom. The summed E-state index contributed by atoms with van der Waals surface area (Å²) in [6, 6.07) is 19.0. The van der Waals surface area contributed by atoms with Crippen molar-refractivity contribution in [2.45, 2.75) is 56.3 Å². The molecule has 2 aromatic carbocycles. The van der Waals surface area contributed by atoms with E-state index in [1.807, 2.05) is 49.1 Å². The number of halogens is 2. The minimum Gasteiger partial charge on any atom is -0.296 e. The predicted octanol–water partition coefficient (Wildman–Crippen LogP) is 5.99. The van der Waals surface area contributed by atoms with Crippen LogP contribution < -0.4 is 0 Å². The molecule has 3 heterocycles. The first kappa shape index (κ1) is 25.0. The maximum absolute atomic E-state index is 13.9. The van der Waals surface area contributed by atoms with Crippen LogP contribution in [0.15, 0.2) is 60.2 Å². The van der Waals surface area contributed by atoms with Crippen LogP contribution in [0.25, 0.3) is 0 Å². The molecule has 7 heteroatoms. The number of ketones is 1. The van der Waals surface area contributed by atoms with Gasteiger partial charge in [0.1, 0.15) is 12.1 Å². The number of fused-ring (bicyclic) bond motifs is 1. The molecule has 0 unspecified atom stereocenters. The molecule has 5 rings (SSSR count). The van der Waals surface area contributed by atoms with Gasteiger partial charge in [-0.15, -0.1) is 0 Å². The van der Waals surface area contributed by atoms with E-state index in [0.717, 1.165) is 31.5 Å². The number of hydrogen-bond acceptors (Lipinski definition) is 5. The molecule has 0 amide bonds. The molecule has 0 bridgehead atoms. The highest BCUT2D eigenvalue weighted by Gasteiger charge is 2.73. The van der Waals surface area contributed by atoms with Gasteiger partial charge in [0.15, 0.2) is 5.78 Å². The number of benzene rings is 2. The van der Waals surface area contributed by atoms with Crippen molar-refractivity contribution in [2.24, 2.45) is 5.92 Å². The maximum Gasteiger partial charge on any atom is 0.213 e. The third kappa shape index (κ3) is 3.31. The molecule has 0 radical (unpaired) electrons. The molecule has 3 atom stereocenters. The van der Waals surface area contributed by atoms with Gasteiger partial charge in [-0.05, 0) is 81.7 Å². The third-order valence-electron chi connectivity index (χ3n) is 8.43. The summed E-state index contributed by atoms with van der Waals surface area (Å²) in [7, 11) is 0. The SMILES string of the molecule is C[C@H]1[C@H](N2CCCC2)C(C#N)(C#N)N2C(C)(C)C(C(=O)c3ccc(Cl)cc3)=C[C@]12c1ccc(Cl)cc1. The topological polar surface area (TPSA) is 71.1 Å². The summed E-state index contributed by atoms with van der Waals surface area (Å²) in [4.78, 5) is 18.3. The van der Waals surface area contributed by atoms with E-state index in [-0.39, 0.29) is 17.7 Å². The summed E-state index contributed by atoms with van der Waals surface area (Å²) >= 11 is 12.3. The number of nitriles is 2. The predicted molar refractivity (Wildman–Crippen MR) is 141 cm³/mol. The van der Waals surface area contributed by atoms with Crippen LogP contribution in [0.1, 0.15) is 49.5 Å². The fraction of sp³-hybridized carbons (Fsp3) is 0.414. The van der Waals surface area contributed by atoms with Crippen molar-refractivity contribution >= 4 is 29.0 Å². The van der Waals surface area contributed by atoms with Gasteiger partial charge >= 0.3 is 0 Å². The molecular formula is C29H28Cl2N4O. The molecule has 184 valence electrons. The summed E-state index contributed by atoms with van der Waals surface area (Å²) in [6.45, 7) is 7.72. The molecule has 5 nitrogen and oxygen atoms in total. The van der Waals surface area contributed by atoms with Crippen LogP contribution in [0.4, 0.5) is 0 Å². The Balaban J connectivity index is 1.78. The smallest absolute Gasteiger partial charge is 0.213 e. The van der Waals surface area contributed by atoms with Crippen molar-refractivity contribution in [1.29, 1.82) is 10.5 Å². The summed E-state index contributed by atoms with van der Waals surface area (Å²) < 4.78 is 0. The van der Waals surface area contributed by atoms with Crippen molar-refractivity contribution in [1.82, 2.24) is 9.80 Å². The van der Waals surface area contributed by atoms with Gasteiger partial charge in [0.05, 0.1) is 11.6 Å². The quantitative estimate of drug-likeness (QED) is 0.464. The lowest BCUT2D eigenvalue weighted by atomic mass is 9.75. The lowest BCUT2D eigenvalue weighted by molar-refractivity contribution is 0.0402. The Bertz CT molecular complexity index is 1300. The van der Waals surface area contributed by atoms with Gasteiger partial charge in [0.2, 0.25) is 5.54 Å². The Morgan fingerprint density at radius 1 is 0.944 bits per heavy atom. The second-order valence-corrected chi connectivity index (χ2v) is 11.5. The van der Waals surface area contributed by atoms with E-state index in [0.29, 0.717) is 21.2 Å². The highest BCUT2D eigenvalue weighted by atomic mass is 35.5. The fourth-order valence-electron chi connectivity index (χ4n) is 7.00. The number of hydrogen-bond donors (Lipinski definition) is 0. The monoisotopic (exact) mass is 518 g/mol. The molecule has 3 aliphatic heterocycles. The van der Waals surface area contributed by atoms with Crippen LogP contribution in [0.5, 0.6) is 0 Å². The van der Waals surface area contributed by atoms with Crippen molar-refractivity contribution in [3.63, 3.8) is 0 Å². The fourth-order valence-corrected chi connectivity index (χ4v) is 7.25. The molecule has 0 aliphatic carbocycles. The van der Waals surface area contributed by atoms with Gasteiger partial charge in [0, 0.05) is 32.6 Å². The number of nitrogens with zero attached hydrogens (tertiary/aromatic N) is 4. The van der Waals surface area contributed by atoms with E-state index >= 15 is 0 Å². The molecule has 0 aromatic heterocycles. The number of likely N-dealkylation sites (tertiary alicyclic amines) is 1. The number of rotatable bonds is 4. The minimum atomic E-state index is -1.45. The van der Waals surface area contributed by atoms with Crippen molar-refractivity contribution in [2.75, 3.05) is 13.1 Å². The lowest BCUT2D eigenvalue weighted by Gasteiger charge is -2.46. The maximum atomic E-state index is 13.9. The first-order valence-corrected chi connectivity index (χ1v) is 13.1. The first-order chi connectivity index (χ1) is 17.1. The average molecular weight is 519 g/mol. The van der Waals surface area contributed by atoms with E-state index in [4.69, 9.17) is 23.2 Å².